The van der Waals surface area contributed by atoms with Gasteiger partial charge in [-0.3, -0.25) is 4.79 Å². The first kappa shape index (κ1) is 22.1. The molecule has 2 aromatic carbocycles. The van der Waals surface area contributed by atoms with Gasteiger partial charge >= 0.3 is 12.1 Å². The molecule has 1 saturated heterocycles. The molecule has 0 spiro atoms. The number of hydrogen-bond acceptors (Lipinski definition) is 5. The normalized spacial score (nSPS) is 26.8. The second-order valence-corrected chi connectivity index (χ2v) is 7.30. The van der Waals surface area contributed by atoms with E-state index >= 15 is 0 Å². The van der Waals surface area contributed by atoms with Crippen LogP contribution in [0, 0.1) is 12.8 Å². The molecule has 30 heavy (non-hydrogen) atoms. The first-order valence-electron chi connectivity index (χ1n) is 9.67. The fraction of sp³-hybridized carbons (Fsp3) is 0.409. The van der Waals surface area contributed by atoms with E-state index in [2.05, 4.69) is 5.32 Å². The zero-order chi connectivity index (χ0) is 21.9. The molecular weight excluding hydrogens is 399 g/mol. The lowest BCUT2D eigenvalue weighted by Gasteiger charge is -2.46. The van der Waals surface area contributed by atoms with Gasteiger partial charge in [0.2, 0.25) is 0 Å². The number of anilines is 1. The van der Waals surface area contributed by atoms with Crippen LogP contribution in [0.15, 0.2) is 54.6 Å². The van der Waals surface area contributed by atoms with Crippen molar-refractivity contribution in [3.05, 3.63) is 65.7 Å². The van der Waals surface area contributed by atoms with Crippen molar-refractivity contribution in [1.82, 2.24) is 0 Å². The summed E-state index contributed by atoms with van der Waals surface area (Å²) in [5, 5.41) is 13.6. The Bertz CT molecular complexity index is 874. The molecule has 0 radical (unpaired) electrons. The number of hydrogen-bond donors (Lipinski definition) is 2. The average molecular weight is 423 g/mol. The largest absolute Gasteiger partial charge is 0.466 e. The molecule has 1 aliphatic heterocycles. The molecule has 1 heterocycles. The van der Waals surface area contributed by atoms with Crippen molar-refractivity contribution in [1.29, 1.82) is 0 Å². The van der Waals surface area contributed by atoms with Gasteiger partial charge < -0.3 is 19.9 Å². The van der Waals surface area contributed by atoms with Crippen LogP contribution in [0.3, 0.4) is 0 Å². The summed E-state index contributed by atoms with van der Waals surface area (Å²) in [6, 6.07) is 15.4. The molecule has 1 fully saturated rings. The Morgan fingerprint density at radius 3 is 2.53 bits per heavy atom. The van der Waals surface area contributed by atoms with E-state index in [-0.39, 0.29) is 13.0 Å². The second-order valence-electron chi connectivity index (χ2n) is 7.30. The maximum atomic E-state index is 14.0. The summed E-state index contributed by atoms with van der Waals surface area (Å²) in [6.07, 6.45) is -6.38. The monoisotopic (exact) mass is 423 g/mol. The maximum Gasteiger partial charge on any atom is 0.444 e. The van der Waals surface area contributed by atoms with Crippen molar-refractivity contribution in [2.45, 2.75) is 44.4 Å². The quantitative estimate of drug-likeness (QED) is 0.700. The number of rotatable bonds is 5. The Labute approximate surface area is 172 Å². The summed E-state index contributed by atoms with van der Waals surface area (Å²) in [7, 11) is 0. The first-order chi connectivity index (χ1) is 14.2. The summed E-state index contributed by atoms with van der Waals surface area (Å²) in [6.45, 7) is 3.23. The molecule has 4 unspecified atom stereocenters. The van der Waals surface area contributed by atoms with Gasteiger partial charge in [0, 0.05) is 18.0 Å². The van der Waals surface area contributed by atoms with Crippen LogP contribution in [0.5, 0.6) is 0 Å². The predicted molar refractivity (Wildman–Crippen MR) is 105 cm³/mol. The molecule has 0 aliphatic carbocycles. The first-order valence-corrected chi connectivity index (χ1v) is 9.67. The van der Waals surface area contributed by atoms with Gasteiger partial charge in [0.1, 0.15) is 12.1 Å². The highest BCUT2D eigenvalue weighted by Crippen LogP contribution is 2.50. The summed E-state index contributed by atoms with van der Waals surface area (Å²) in [5.41, 5.74) is 1.94. The molecule has 2 N–H and O–H groups in total. The fourth-order valence-electron chi connectivity index (χ4n) is 3.81. The number of carbonyl (C=O) groups is 1. The van der Waals surface area contributed by atoms with E-state index in [0.29, 0.717) is 11.3 Å². The highest BCUT2D eigenvalue weighted by Gasteiger charge is 2.68. The number of ether oxygens (including phenoxy) is 2. The maximum absolute atomic E-state index is 14.0. The lowest BCUT2D eigenvalue weighted by atomic mass is 9.75. The van der Waals surface area contributed by atoms with Gasteiger partial charge in [-0.05, 0) is 37.1 Å². The Hall–Kier alpha value is -2.58. The predicted octanol–water partition coefficient (Wildman–Crippen LogP) is 4.37. The molecule has 5 nitrogen and oxygen atoms in total. The van der Waals surface area contributed by atoms with Gasteiger partial charge in [-0.2, -0.15) is 13.2 Å². The Morgan fingerprint density at radius 1 is 1.23 bits per heavy atom. The van der Waals surface area contributed by atoms with Crippen LogP contribution in [0.25, 0.3) is 0 Å². The summed E-state index contributed by atoms with van der Waals surface area (Å²) in [5.74, 6) is -7.80. The third-order valence-corrected chi connectivity index (χ3v) is 5.13. The highest BCUT2D eigenvalue weighted by atomic mass is 19.4. The van der Waals surface area contributed by atoms with Crippen LogP contribution in [0.4, 0.5) is 18.9 Å². The molecule has 8 heteroatoms. The second kappa shape index (κ2) is 8.65. The number of benzene rings is 2. The topological polar surface area (TPSA) is 67.8 Å². The molecule has 0 aromatic heterocycles. The van der Waals surface area contributed by atoms with Gasteiger partial charge in [0.25, 0.3) is 5.79 Å². The molecule has 0 bridgehead atoms. The minimum atomic E-state index is -5.22. The number of alkyl halides is 3. The summed E-state index contributed by atoms with van der Waals surface area (Å²) in [4.78, 5) is 12.6. The molecule has 2 aromatic rings. The van der Waals surface area contributed by atoms with Crippen LogP contribution in [-0.2, 0) is 14.3 Å². The minimum absolute atomic E-state index is 0.0276. The zero-order valence-corrected chi connectivity index (χ0v) is 16.6. The third-order valence-electron chi connectivity index (χ3n) is 5.13. The highest BCUT2D eigenvalue weighted by molar-refractivity contribution is 5.75. The number of nitrogens with one attached hydrogen (secondary N) is 1. The number of halogens is 3. The average Bonchev–Trinajstić information content (AvgIpc) is 2.67. The lowest BCUT2D eigenvalue weighted by molar-refractivity contribution is -0.405. The van der Waals surface area contributed by atoms with Gasteiger partial charge in [0.15, 0.2) is 0 Å². The van der Waals surface area contributed by atoms with Crippen LogP contribution in [-0.4, -0.2) is 35.9 Å². The molecule has 1 aliphatic rings. The number of carbonyl (C=O) groups excluding carboxylic acids is 1. The van der Waals surface area contributed by atoms with E-state index < -0.39 is 36.0 Å². The Kier molecular flexibility index (Phi) is 6.38. The molecule has 3 rings (SSSR count). The fourth-order valence-corrected chi connectivity index (χ4v) is 3.81. The zero-order valence-electron chi connectivity index (χ0n) is 16.6. The van der Waals surface area contributed by atoms with Crippen molar-refractivity contribution in [2.24, 2.45) is 5.92 Å². The van der Waals surface area contributed by atoms with E-state index in [1.165, 1.54) is 6.92 Å². The molecule has 0 amide bonds. The van der Waals surface area contributed by atoms with Crippen molar-refractivity contribution in [2.75, 3.05) is 11.9 Å². The summed E-state index contributed by atoms with van der Waals surface area (Å²) < 4.78 is 52.1. The third kappa shape index (κ3) is 4.44. The van der Waals surface area contributed by atoms with Gasteiger partial charge in [0.05, 0.1) is 6.61 Å². The van der Waals surface area contributed by atoms with Crippen molar-refractivity contribution < 1.29 is 32.5 Å². The van der Waals surface area contributed by atoms with Crippen LogP contribution >= 0.6 is 0 Å². The smallest absolute Gasteiger partial charge is 0.444 e. The molecule has 4 atom stereocenters. The van der Waals surface area contributed by atoms with Crippen LogP contribution in [0.2, 0.25) is 0 Å². The molecule has 0 saturated carbocycles. The van der Waals surface area contributed by atoms with E-state index in [9.17, 15) is 23.1 Å². The summed E-state index contributed by atoms with van der Waals surface area (Å²) >= 11 is 0. The van der Waals surface area contributed by atoms with Crippen LogP contribution < -0.4 is 5.32 Å². The number of aliphatic hydroxyl groups is 1. The minimum Gasteiger partial charge on any atom is -0.466 e. The van der Waals surface area contributed by atoms with Crippen molar-refractivity contribution in [3.8, 4) is 0 Å². The standard InChI is InChI=1S/C22H24F3NO4/c1-3-29-20(27)19-17(15-9-5-4-6-10-15)13-18(30-21(19,28)22(23,24)25)26-16-11-7-8-14(2)12-16/h4-12,17-19,26,28H,3,13H2,1-2H3. The van der Waals surface area contributed by atoms with Gasteiger partial charge in [-0.25, -0.2) is 0 Å². The van der Waals surface area contributed by atoms with E-state index in [4.69, 9.17) is 9.47 Å². The Balaban J connectivity index is 2.04. The number of esters is 1. The molecule has 162 valence electrons. The SMILES string of the molecule is CCOC(=O)C1C(c2ccccc2)CC(Nc2cccc(C)c2)OC1(O)C(F)(F)F. The van der Waals surface area contributed by atoms with Crippen LogP contribution in [0.1, 0.15) is 30.4 Å². The van der Waals surface area contributed by atoms with Gasteiger partial charge in [-0.1, -0.05) is 42.5 Å². The van der Waals surface area contributed by atoms with Gasteiger partial charge in [-0.15, -0.1) is 0 Å². The van der Waals surface area contributed by atoms with Crippen molar-refractivity contribution >= 4 is 11.7 Å². The molecular formula is C22H24F3NO4. The van der Waals surface area contributed by atoms with E-state index in [1.807, 2.05) is 13.0 Å². The lowest BCUT2D eigenvalue weighted by Crippen LogP contribution is -2.63. The van der Waals surface area contributed by atoms with E-state index in [0.717, 1.165) is 5.56 Å². The Morgan fingerprint density at radius 2 is 1.93 bits per heavy atom. The van der Waals surface area contributed by atoms with E-state index in [1.54, 1.807) is 48.5 Å². The number of aryl methyl sites for hydroxylation is 1. The van der Waals surface area contributed by atoms with Crippen molar-refractivity contribution in [3.63, 3.8) is 0 Å².